The molecule has 0 unspecified atom stereocenters. The number of nitrogens with zero attached hydrogens (tertiary/aromatic N) is 1. The number of carbonyl (C=O) groups is 1. The topological polar surface area (TPSA) is 32.3 Å². The van der Waals surface area contributed by atoms with Crippen molar-refractivity contribution in [1.82, 2.24) is 4.90 Å². The number of amides is 1. The average Bonchev–Trinajstić information content (AvgIpc) is 2.59. The maximum Gasteiger partial charge on any atom is 0.312 e. The van der Waals surface area contributed by atoms with Crippen LogP contribution >= 0.6 is 0 Å². The van der Waals surface area contributed by atoms with Crippen LogP contribution in [0.2, 0.25) is 0 Å². The van der Waals surface area contributed by atoms with Crippen LogP contribution in [0.3, 0.4) is 0 Å². The molecule has 0 aromatic heterocycles. The summed E-state index contributed by atoms with van der Waals surface area (Å²) in [5, 5.41) is 2.06. The van der Waals surface area contributed by atoms with Crippen LogP contribution in [0.5, 0.6) is 0 Å². The molecule has 0 fully saturated rings. The molecule has 0 saturated carbocycles. The molecule has 2 aromatic rings. The van der Waals surface area contributed by atoms with Gasteiger partial charge in [-0.25, -0.2) is 0 Å². The molecule has 138 valence electrons. The molecule has 1 atom stereocenters. The molecule has 0 spiro atoms. The molecule has 3 nitrogen and oxygen atoms in total. The minimum Gasteiger partial charge on any atom is -0.330 e. The number of allylic oxidation sites excluding steroid dienone is 1. The Kier molecular flexibility index (Phi) is 5.80. The van der Waals surface area contributed by atoms with E-state index < -0.39 is 12.0 Å². The molecular weight excluding hydrogens is 334 g/mol. The van der Waals surface area contributed by atoms with Crippen molar-refractivity contribution in [3.8, 4) is 0 Å². The Balaban J connectivity index is 2.57. The minimum absolute atomic E-state index is 0.134. The summed E-state index contributed by atoms with van der Waals surface area (Å²) in [6.07, 6.45) is 0. The summed E-state index contributed by atoms with van der Waals surface area (Å²) in [5.41, 5.74) is 2.56. The van der Waals surface area contributed by atoms with Crippen molar-refractivity contribution >= 4 is 11.6 Å². The first-order valence-electron chi connectivity index (χ1n) is 8.32. The largest absolute Gasteiger partial charge is 0.330 e. The Hall–Kier alpha value is -2.69. The van der Waals surface area contributed by atoms with Crippen LogP contribution in [-0.4, -0.2) is 24.4 Å². The molecule has 1 amide bonds. The highest BCUT2D eigenvalue weighted by Gasteiger charge is 2.39. The van der Waals surface area contributed by atoms with E-state index >= 15 is 0 Å². The van der Waals surface area contributed by atoms with Gasteiger partial charge in [0, 0.05) is 18.4 Å². The number of halogens is 2. The highest BCUT2D eigenvalue weighted by molar-refractivity contribution is 5.92. The van der Waals surface area contributed by atoms with Crippen molar-refractivity contribution in [1.29, 1.82) is 0 Å². The van der Waals surface area contributed by atoms with E-state index in [0.29, 0.717) is 11.4 Å². The van der Waals surface area contributed by atoms with Gasteiger partial charge in [0.2, 0.25) is 5.91 Å². The molecule has 26 heavy (non-hydrogen) atoms. The number of likely N-dealkylation sites (N-methyl/N-ethyl adjacent to an activating group) is 1. The van der Waals surface area contributed by atoms with Crippen LogP contribution in [0.15, 0.2) is 60.8 Å². The van der Waals surface area contributed by atoms with Gasteiger partial charge >= 0.3 is 6.55 Å². The van der Waals surface area contributed by atoms with Crippen molar-refractivity contribution in [2.24, 2.45) is 0 Å². The zero-order valence-electron chi connectivity index (χ0n) is 15.5. The first kappa shape index (κ1) is 19.6. The number of rotatable bonds is 6. The van der Waals surface area contributed by atoms with Gasteiger partial charge in [0.25, 0.3) is 0 Å². The molecule has 0 radical (unpaired) electrons. The quantitative estimate of drug-likeness (QED) is 0.743. The molecule has 2 aromatic carbocycles. The lowest BCUT2D eigenvalue weighted by Crippen LogP contribution is -2.43. The Morgan fingerprint density at radius 2 is 1.77 bits per heavy atom. The van der Waals surface area contributed by atoms with Crippen molar-refractivity contribution < 1.29 is 13.6 Å². The summed E-state index contributed by atoms with van der Waals surface area (Å²) >= 11 is 0. The van der Waals surface area contributed by atoms with E-state index in [2.05, 4.69) is 11.9 Å². The molecule has 1 N–H and O–H groups in total. The zero-order chi connectivity index (χ0) is 19.5. The van der Waals surface area contributed by atoms with E-state index in [-0.39, 0.29) is 5.91 Å². The van der Waals surface area contributed by atoms with E-state index in [9.17, 15) is 13.6 Å². The maximum atomic E-state index is 13.3. The Labute approximate surface area is 153 Å². The van der Waals surface area contributed by atoms with Crippen molar-refractivity contribution in [3.05, 3.63) is 77.5 Å². The van der Waals surface area contributed by atoms with Gasteiger partial charge in [0.05, 0.1) is 5.41 Å². The van der Waals surface area contributed by atoms with Gasteiger partial charge in [-0.15, -0.1) is 0 Å². The molecule has 0 saturated heterocycles. The molecule has 0 bridgehead atoms. The molecule has 0 aliphatic carbocycles. The summed E-state index contributed by atoms with van der Waals surface area (Å²) in [6, 6.07) is 14.3. The second-order valence-corrected chi connectivity index (χ2v) is 6.62. The minimum atomic E-state index is -2.64. The van der Waals surface area contributed by atoms with Crippen molar-refractivity contribution in [2.75, 3.05) is 12.4 Å². The monoisotopic (exact) mass is 358 g/mol. The van der Waals surface area contributed by atoms with E-state index in [1.165, 1.54) is 4.90 Å². The standard InChI is InChI=1S/C21H24F2N2O/c1-14(2)25(5)19(26)21(4,17-8-6-7-15(3)13-17)16-9-11-18(12-10-16)24-20(22)23/h6-13,20,24H,1H2,2-5H3/t21-/m0/s1. The fourth-order valence-electron chi connectivity index (χ4n) is 2.90. The number of aryl methyl sites for hydroxylation is 1. The van der Waals surface area contributed by atoms with Gasteiger partial charge in [-0.1, -0.05) is 48.5 Å². The van der Waals surface area contributed by atoms with Crippen molar-refractivity contribution in [2.45, 2.75) is 32.7 Å². The van der Waals surface area contributed by atoms with Crippen LogP contribution in [0, 0.1) is 6.92 Å². The Morgan fingerprint density at radius 1 is 1.15 bits per heavy atom. The van der Waals surface area contributed by atoms with E-state index in [1.807, 2.05) is 38.1 Å². The van der Waals surface area contributed by atoms with Crippen molar-refractivity contribution in [3.63, 3.8) is 0 Å². The SMILES string of the molecule is C=C(C)N(C)C(=O)[C@@](C)(c1ccc(NC(F)F)cc1)c1cccc(C)c1. The number of carbonyl (C=O) groups excluding carboxylic acids is 1. The number of benzene rings is 2. The summed E-state index contributed by atoms with van der Waals surface area (Å²) in [6.45, 7) is 6.79. The van der Waals surface area contributed by atoms with Gasteiger partial charge in [-0.2, -0.15) is 8.78 Å². The number of hydrogen-bond acceptors (Lipinski definition) is 2. The Morgan fingerprint density at radius 3 is 2.27 bits per heavy atom. The van der Waals surface area contributed by atoms with E-state index in [4.69, 9.17) is 0 Å². The number of nitrogens with one attached hydrogen (secondary N) is 1. The van der Waals surface area contributed by atoms with E-state index in [1.54, 1.807) is 38.2 Å². The lowest BCUT2D eigenvalue weighted by atomic mass is 9.74. The number of anilines is 1. The van der Waals surface area contributed by atoms with Gasteiger partial charge in [0.1, 0.15) is 0 Å². The summed E-state index contributed by atoms with van der Waals surface area (Å²) < 4.78 is 25.0. The first-order chi connectivity index (χ1) is 12.2. The third kappa shape index (κ3) is 3.93. The second-order valence-electron chi connectivity index (χ2n) is 6.62. The van der Waals surface area contributed by atoms with Crippen LogP contribution < -0.4 is 5.32 Å². The summed E-state index contributed by atoms with van der Waals surface area (Å²) in [7, 11) is 1.69. The summed E-state index contributed by atoms with van der Waals surface area (Å²) in [4.78, 5) is 14.8. The number of alkyl halides is 2. The third-order valence-corrected chi connectivity index (χ3v) is 4.64. The molecule has 2 rings (SSSR count). The van der Waals surface area contributed by atoms with Crippen LogP contribution in [-0.2, 0) is 10.2 Å². The zero-order valence-corrected chi connectivity index (χ0v) is 15.5. The van der Waals surface area contributed by atoms with Crippen LogP contribution in [0.4, 0.5) is 14.5 Å². The second kappa shape index (κ2) is 7.68. The molecule has 5 heteroatoms. The molecule has 0 aliphatic heterocycles. The smallest absolute Gasteiger partial charge is 0.312 e. The number of hydrogen-bond donors (Lipinski definition) is 1. The van der Waals surface area contributed by atoms with Gasteiger partial charge in [-0.3, -0.25) is 4.79 Å². The van der Waals surface area contributed by atoms with Crippen LogP contribution in [0.25, 0.3) is 0 Å². The molecule has 0 aliphatic rings. The van der Waals surface area contributed by atoms with Gasteiger partial charge in [-0.05, 0) is 44.0 Å². The highest BCUT2D eigenvalue weighted by Crippen LogP contribution is 2.35. The average molecular weight is 358 g/mol. The van der Waals surface area contributed by atoms with Gasteiger partial charge < -0.3 is 10.2 Å². The highest BCUT2D eigenvalue weighted by atomic mass is 19.3. The molecule has 0 heterocycles. The fraction of sp³-hybridized carbons (Fsp3) is 0.286. The fourth-order valence-corrected chi connectivity index (χ4v) is 2.90. The van der Waals surface area contributed by atoms with Gasteiger partial charge in [0.15, 0.2) is 0 Å². The lowest BCUT2D eigenvalue weighted by Gasteiger charge is -2.34. The van der Waals surface area contributed by atoms with E-state index in [0.717, 1.165) is 16.7 Å². The maximum absolute atomic E-state index is 13.3. The normalized spacial score (nSPS) is 13.2. The predicted molar refractivity (Wildman–Crippen MR) is 101 cm³/mol. The Bertz CT molecular complexity index is 802. The van der Waals surface area contributed by atoms with Crippen LogP contribution in [0.1, 0.15) is 30.5 Å². The lowest BCUT2D eigenvalue weighted by molar-refractivity contribution is -0.132. The first-order valence-corrected chi connectivity index (χ1v) is 8.32. The third-order valence-electron chi connectivity index (χ3n) is 4.64. The molecular formula is C21H24F2N2O. The summed E-state index contributed by atoms with van der Waals surface area (Å²) in [5.74, 6) is -0.134. The predicted octanol–water partition coefficient (Wildman–Crippen LogP) is 4.93.